The zero-order valence-corrected chi connectivity index (χ0v) is 9.17. The molecule has 0 spiro atoms. The molecule has 3 nitrogen and oxygen atoms in total. The Morgan fingerprint density at radius 3 is 2.79 bits per heavy atom. The van der Waals surface area contributed by atoms with Crippen LogP contribution in [0.3, 0.4) is 0 Å². The molecular formula is C10H15NO2S. The summed E-state index contributed by atoms with van der Waals surface area (Å²) >= 11 is 1.59. The maximum absolute atomic E-state index is 10.6. The quantitative estimate of drug-likeness (QED) is 0.805. The van der Waals surface area contributed by atoms with Crippen LogP contribution in [0.25, 0.3) is 0 Å². The van der Waals surface area contributed by atoms with Crippen molar-refractivity contribution in [3.8, 4) is 0 Å². The van der Waals surface area contributed by atoms with E-state index in [1.54, 1.807) is 18.3 Å². The van der Waals surface area contributed by atoms with Crippen molar-refractivity contribution >= 4 is 17.3 Å². The van der Waals surface area contributed by atoms with Crippen molar-refractivity contribution in [2.45, 2.75) is 26.3 Å². The normalized spacial score (nSPS) is 15.1. The van der Waals surface area contributed by atoms with Gasteiger partial charge in [-0.05, 0) is 30.4 Å². The van der Waals surface area contributed by atoms with Crippen molar-refractivity contribution in [3.63, 3.8) is 0 Å². The van der Waals surface area contributed by atoms with Gasteiger partial charge in [-0.25, -0.2) is 0 Å². The van der Waals surface area contributed by atoms with Gasteiger partial charge in [-0.1, -0.05) is 6.92 Å². The number of nitrogens with two attached hydrogens (primary N) is 1. The van der Waals surface area contributed by atoms with Gasteiger partial charge in [-0.3, -0.25) is 4.79 Å². The smallest absolute Gasteiger partial charge is 0.306 e. The van der Waals surface area contributed by atoms with E-state index in [9.17, 15) is 4.79 Å². The van der Waals surface area contributed by atoms with Crippen LogP contribution in [0.2, 0.25) is 0 Å². The third-order valence-electron chi connectivity index (χ3n) is 2.27. The topological polar surface area (TPSA) is 63.3 Å². The first kappa shape index (κ1) is 11.2. The Bertz CT molecular complexity index is 322. The molecule has 2 atom stereocenters. The summed E-state index contributed by atoms with van der Waals surface area (Å²) in [6, 6.07) is 1.85. The molecule has 0 saturated heterocycles. The first-order valence-electron chi connectivity index (χ1n) is 4.54. The lowest BCUT2D eigenvalue weighted by molar-refractivity contribution is -0.141. The van der Waals surface area contributed by atoms with Crippen molar-refractivity contribution in [2.75, 3.05) is 0 Å². The lowest BCUT2D eigenvalue weighted by Gasteiger charge is -2.13. The van der Waals surface area contributed by atoms with E-state index in [0.717, 1.165) is 10.4 Å². The van der Waals surface area contributed by atoms with Crippen molar-refractivity contribution < 1.29 is 9.90 Å². The fourth-order valence-corrected chi connectivity index (χ4v) is 2.30. The van der Waals surface area contributed by atoms with E-state index in [2.05, 4.69) is 0 Å². The Morgan fingerprint density at radius 2 is 2.36 bits per heavy atom. The zero-order chi connectivity index (χ0) is 10.7. The van der Waals surface area contributed by atoms with Gasteiger partial charge in [0, 0.05) is 10.9 Å². The molecule has 0 bridgehead atoms. The molecule has 0 fully saturated rings. The fraction of sp³-hybridized carbons (Fsp3) is 0.500. The molecule has 14 heavy (non-hydrogen) atoms. The van der Waals surface area contributed by atoms with E-state index in [4.69, 9.17) is 10.8 Å². The van der Waals surface area contributed by atoms with E-state index < -0.39 is 5.97 Å². The van der Waals surface area contributed by atoms with Gasteiger partial charge in [0.15, 0.2) is 0 Å². The number of hydrogen-bond donors (Lipinski definition) is 2. The van der Waals surface area contributed by atoms with Gasteiger partial charge in [0.25, 0.3) is 0 Å². The summed E-state index contributed by atoms with van der Waals surface area (Å²) in [4.78, 5) is 11.7. The Morgan fingerprint density at radius 1 is 1.71 bits per heavy atom. The summed E-state index contributed by atoms with van der Waals surface area (Å²) in [6.45, 7) is 3.68. The second kappa shape index (κ2) is 4.57. The Hall–Kier alpha value is -0.870. The van der Waals surface area contributed by atoms with E-state index in [-0.39, 0.29) is 12.0 Å². The van der Waals surface area contributed by atoms with Crippen molar-refractivity contribution in [1.82, 2.24) is 0 Å². The number of thiophene rings is 1. The molecule has 4 heteroatoms. The van der Waals surface area contributed by atoms with E-state index >= 15 is 0 Å². The summed E-state index contributed by atoms with van der Waals surface area (Å²) in [7, 11) is 0. The largest absolute Gasteiger partial charge is 0.481 e. The van der Waals surface area contributed by atoms with Crippen LogP contribution in [0.15, 0.2) is 11.4 Å². The highest BCUT2D eigenvalue weighted by atomic mass is 32.1. The summed E-state index contributed by atoms with van der Waals surface area (Å²) < 4.78 is 0. The van der Waals surface area contributed by atoms with Crippen LogP contribution in [-0.2, 0) is 4.79 Å². The molecule has 78 valence electrons. The maximum Gasteiger partial charge on any atom is 0.306 e. The number of aliphatic carboxylic acids is 1. The average molecular weight is 213 g/mol. The molecule has 1 heterocycles. The molecule has 1 rings (SSSR count). The van der Waals surface area contributed by atoms with E-state index in [1.807, 2.05) is 18.4 Å². The maximum atomic E-state index is 10.6. The Labute approximate surface area is 87.6 Å². The number of aryl methyl sites for hydroxylation is 1. The van der Waals surface area contributed by atoms with Gasteiger partial charge in [0.05, 0.1) is 5.92 Å². The molecule has 0 saturated carbocycles. The second-order valence-electron chi connectivity index (χ2n) is 3.55. The summed E-state index contributed by atoms with van der Waals surface area (Å²) in [6.07, 6.45) is 0.497. The van der Waals surface area contributed by atoms with Gasteiger partial charge >= 0.3 is 5.97 Å². The van der Waals surface area contributed by atoms with Gasteiger partial charge in [0.1, 0.15) is 0 Å². The van der Waals surface area contributed by atoms with Gasteiger partial charge in [-0.15, -0.1) is 11.3 Å². The molecular weight excluding hydrogens is 198 g/mol. The van der Waals surface area contributed by atoms with Crippen molar-refractivity contribution in [1.29, 1.82) is 0 Å². The van der Waals surface area contributed by atoms with Crippen LogP contribution in [-0.4, -0.2) is 11.1 Å². The van der Waals surface area contributed by atoms with Crippen molar-refractivity contribution in [3.05, 3.63) is 21.9 Å². The van der Waals surface area contributed by atoms with Crippen LogP contribution < -0.4 is 5.73 Å². The molecule has 0 radical (unpaired) electrons. The Balaban J connectivity index is 2.63. The highest BCUT2D eigenvalue weighted by Gasteiger charge is 2.18. The minimum Gasteiger partial charge on any atom is -0.481 e. The number of carbonyl (C=O) groups is 1. The lowest BCUT2D eigenvalue weighted by atomic mass is 10.0. The number of rotatable bonds is 4. The fourth-order valence-electron chi connectivity index (χ4n) is 1.35. The number of carboxylic acid groups (broad SMARTS) is 1. The van der Waals surface area contributed by atoms with Crippen molar-refractivity contribution in [2.24, 2.45) is 11.7 Å². The molecule has 3 N–H and O–H groups in total. The van der Waals surface area contributed by atoms with E-state index in [1.165, 1.54) is 0 Å². The summed E-state index contributed by atoms with van der Waals surface area (Å²) in [5.74, 6) is -1.17. The third kappa shape index (κ3) is 2.56. The number of hydrogen-bond acceptors (Lipinski definition) is 3. The average Bonchev–Trinajstić information content (AvgIpc) is 2.51. The number of carboxylic acids is 1. The zero-order valence-electron chi connectivity index (χ0n) is 8.36. The lowest BCUT2D eigenvalue weighted by Crippen LogP contribution is -2.18. The van der Waals surface area contributed by atoms with Crippen LogP contribution in [0.1, 0.15) is 29.8 Å². The summed E-state index contributed by atoms with van der Waals surface area (Å²) in [5, 5.41) is 10.7. The molecule has 1 aromatic rings. The molecule has 0 aliphatic rings. The minimum absolute atomic E-state index is 0.152. The van der Waals surface area contributed by atoms with Crippen LogP contribution in [0.5, 0.6) is 0 Å². The SMILES string of the molecule is Cc1ccsc1C(N)CC(C)C(=O)O. The molecule has 1 aromatic heterocycles. The molecule has 2 unspecified atom stereocenters. The highest BCUT2D eigenvalue weighted by molar-refractivity contribution is 7.10. The third-order valence-corrected chi connectivity index (χ3v) is 3.42. The minimum atomic E-state index is -0.783. The first-order valence-corrected chi connectivity index (χ1v) is 5.42. The summed E-state index contributed by atoms with van der Waals surface area (Å²) in [5.41, 5.74) is 7.08. The second-order valence-corrected chi connectivity index (χ2v) is 4.50. The van der Waals surface area contributed by atoms with Crippen LogP contribution in [0.4, 0.5) is 0 Å². The van der Waals surface area contributed by atoms with Gasteiger partial charge in [0.2, 0.25) is 0 Å². The molecule has 0 amide bonds. The Kier molecular flexibility index (Phi) is 3.66. The first-order chi connectivity index (χ1) is 6.52. The molecule has 0 aromatic carbocycles. The monoisotopic (exact) mass is 213 g/mol. The predicted molar refractivity (Wildman–Crippen MR) is 57.4 cm³/mol. The molecule has 0 aliphatic carbocycles. The van der Waals surface area contributed by atoms with Gasteiger partial charge < -0.3 is 10.8 Å². The predicted octanol–water partition coefficient (Wildman–Crippen LogP) is 2.17. The standard InChI is InChI=1S/C10H15NO2S/c1-6-3-4-14-9(6)8(11)5-7(2)10(12)13/h3-4,7-8H,5,11H2,1-2H3,(H,12,13). The van der Waals surface area contributed by atoms with Crippen LogP contribution >= 0.6 is 11.3 Å². The highest BCUT2D eigenvalue weighted by Crippen LogP contribution is 2.26. The van der Waals surface area contributed by atoms with Crippen LogP contribution in [0, 0.1) is 12.8 Å². The van der Waals surface area contributed by atoms with Gasteiger partial charge in [-0.2, -0.15) is 0 Å². The molecule has 0 aliphatic heterocycles. The van der Waals surface area contributed by atoms with E-state index in [0.29, 0.717) is 6.42 Å².